The fraction of sp³-hybridized carbons (Fsp3) is 0.963. The number of aliphatic hydroxyl groups excluding tert-OH is 1. The van der Waals surface area contributed by atoms with Gasteiger partial charge in [-0.25, -0.2) is 0 Å². The third kappa shape index (κ3) is 27.4. The molecule has 180 valence electrons. The highest BCUT2D eigenvalue weighted by atomic mass is 16.4. The van der Waals surface area contributed by atoms with E-state index in [0.29, 0.717) is 6.42 Å². The number of hydrogen-bond acceptors (Lipinski definition) is 2. The summed E-state index contributed by atoms with van der Waals surface area (Å²) >= 11 is 0. The van der Waals surface area contributed by atoms with E-state index in [1.54, 1.807) is 0 Å². The highest BCUT2D eigenvalue weighted by Crippen LogP contribution is 2.15. The Morgan fingerprint density at radius 3 is 0.967 bits per heavy atom. The van der Waals surface area contributed by atoms with Crippen molar-refractivity contribution in [1.82, 2.24) is 0 Å². The molecule has 0 aliphatic rings. The second kappa shape index (κ2) is 24.7. The summed E-state index contributed by atoms with van der Waals surface area (Å²) in [5.74, 6) is -0.655. The highest BCUT2D eigenvalue weighted by molar-refractivity contribution is 5.66. The molecular weight excluding hydrogens is 372 g/mol. The number of carboxylic acids is 1. The molecule has 1 unspecified atom stereocenters. The monoisotopic (exact) mass is 426 g/mol. The van der Waals surface area contributed by atoms with Crippen molar-refractivity contribution in [1.29, 1.82) is 0 Å². The van der Waals surface area contributed by atoms with Gasteiger partial charge in [-0.2, -0.15) is 0 Å². The highest BCUT2D eigenvalue weighted by Gasteiger charge is 1.98. The molecular formula is C27H54O3. The van der Waals surface area contributed by atoms with Gasteiger partial charge < -0.3 is 10.2 Å². The molecule has 0 aromatic rings. The number of hydrogen-bond donors (Lipinski definition) is 2. The first-order valence-electron chi connectivity index (χ1n) is 13.5. The van der Waals surface area contributed by atoms with Crippen molar-refractivity contribution in [2.45, 2.75) is 167 Å². The lowest BCUT2D eigenvalue weighted by molar-refractivity contribution is -0.137. The summed E-state index contributed by atoms with van der Waals surface area (Å²) in [7, 11) is 0. The second-order valence-electron chi connectivity index (χ2n) is 9.56. The van der Waals surface area contributed by atoms with Gasteiger partial charge in [0.25, 0.3) is 0 Å². The summed E-state index contributed by atoms with van der Waals surface area (Å²) in [6, 6.07) is 0. The number of rotatable bonds is 25. The molecule has 3 nitrogen and oxygen atoms in total. The predicted molar refractivity (Wildman–Crippen MR) is 130 cm³/mol. The normalized spacial score (nSPS) is 12.3. The van der Waals surface area contributed by atoms with E-state index < -0.39 is 5.97 Å². The summed E-state index contributed by atoms with van der Waals surface area (Å²) in [6.45, 7) is 1.89. The minimum atomic E-state index is -0.655. The molecule has 0 saturated carbocycles. The summed E-state index contributed by atoms with van der Waals surface area (Å²) < 4.78 is 0. The van der Waals surface area contributed by atoms with Crippen molar-refractivity contribution >= 4 is 5.97 Å². The molecule has 2 N–H and O–H groups in total. The Hall–Kier alpha value is -0.570. The summed E-state index contributed by atoms with van der Waals surface area (Å²) in [4.78, 5) is 10.4. The maximum Gasteiger partial charge on any atom is 0.303 e. The van der Waals surface area contributed by atoms with Crippen LogP contribution in [0.1, 0.15) is 161 Å². The average molecular weight is 427 g/mol. The maximum absolute atomic E-state index is 10.4. The molecule has 0 bridgehead atoms. The van der Waals surface area contributed by atoms with Gasteiger partial charge in [0.1, 0.15) is 0 Å². The molecule has 0 fully saturated rings. The van der Waals surface area contributed by atoms with Gasteiger partial charge in [-0.3, -0.25) is 4.79 Å². The molecule has 0 saturated heterocycles. The van der Waals surface area contributed by atoms with E-state index in [4.69, 9.17) is 5.11 Å². The van der Waals surface area contributed by atoms with Crippen LogP contribution in [-0.2, 0) is 4.79 Å². The topological polar surface area (TPSA) is 57.5 Å². The SMILES string of the molecule is CC(O)CCCCCCCCCCCCCCCCCCCCCCCCC(=O)O. The number of aliphatic hydroxyl groups is 1. The first-order valence-corrected chi connectivity index (χ1v) is 13.5. The standard InChI is InChI=1S/C27H54O3/c1-26(28)24-22-20-18-16-14-12-10-8-6-4-2-3-5-7-9-11-13-15-17-19-21-23-25-27(29)30/h26,28H,2-25H2,1H3,(H,29,30). The van der Waals surface area contributed by atoms with Crippen molar-refractivity contribution in [2.24, 2.45) is 0 Å². The van der Waals surface area contributed by atoms with Crippen LogP contribution in [0, 0.1) is 0 Å². The van der Waals surface area contributed by atoms with Gasteiger partial charge in [0.15, 0.2) is 0 Å². The first kappa shape index (κ1) is 29.4. The van der Waals surface area contributed by atoms with Gasteiger partial charge in [-0.1, -0.05) is 135 Å². The molecule has 0 spiro atoms. The Bertz CT molecular complexity index is 341. The fourth-order valence-corrected chi connectivity index (χ4v) is 4.25. The molecule has 0 aliphatic carbocycles. The van der Waals surface area contributed by atoms with Crippen molar-refractivity contribution in [3.8, 4) is 0 Å². The van der Waals surface area contributed by atoms with Crippen molar-refractivity contribution in [3.63, 3.8) is 0 Å². The third-order valence-corrected chi connectivity index (χ3v) is 6.26. The Kier molecular flexibility index (Phi) is 24.2. The van der Waals surface area contributed by atoms with Crippen LogP contribution in [0.5, 0.6) is 0 Å². The zero-order valence-corrected chi connectivity index (χ0v) is 20.4. The van der Waals surface area contributed by atoms with Crippen molar-refractivity contribution < 1.29 is 15.0 Å². The van der Waals surface area contributed by atoms with Crippen LogP contribution in [0.2, 0.25) is 0 Å². The van der Waals surface area contributed by atoms with Crippen LogP contribution < -0.4 is 0 Å². The molecule has 1 atom stereocenters. The third-order valence-electron chi connectivity index (χ3n) is 6.26. The van der Waals surface area contributed by atoms with E-state index in [0.717, 1.165) is 19.3 Å². The minimum Gasteiger partial charge on any atom is -0.481 e. The average Bonchev–Trinajstić information content (AvgIpc) is 2.70. The Morgan fingerprint density at radius 2 is 0.733 bits per heavy atom. The van der Waals surface area contributed by atoms with Gasteiger partial charge >= 0.3 is 5.97 Å². The van der Waals surface area contributed by atoms with Crippen LogP contribution >= 0.6 is 0 Å². The largest absolute Gasteiger partial charge is 0.481 e. The van der Waals surface area contributed by atoms with E-state index in [1.807, 2.05) is 6.92 Å². The van der Waals surface area contributed by atoms with Crippen LogP contribution in [-0.4, -0.2) is 22.3 Å². The number of aliphatic carboxylic acids is 1. The summed E-state index contributed by atoms with van der Waals surface area (Å²) in [5.41, 5.74) is 0. The zero-order valence-electron chi connectivity index (χ0n) is 20.4. The molecule has 0 aromatic heterocycles. The molecule has 0 heterocycles. The number of carboxylic acid groups (broad SMARTS) is 1. The van der Waals surface area contributed by atoms with Crippen molar-refractivity contribution in [3.05, 3.63) is 0 Å². The summed E-state index contributed by atoms with van der Waals surface area (Å²) in [5, 5.41) is 17.8. The Morgan fingerprint density at radius 1 is 0.500 bits per heavy atom. The Balaban J connectivity index is 3.01. The van der Waals surface area contributed by atoms with Gasteiger partial charge in [-0.05, 0) is 19.8 Å². The molecule has 0 aliphatic heterocycles. The second-order valence-corrected chi connectivity index (χ2v) is 9.56. The molecule has 0 aromatic carbocycles. The quantitative estimate of drug-likeness (QED) is 0.143. The van der Waals surface area contributed by atoms with Crippen LogP contribution in [0.4, 0.5) is 0 Å². The molecule has 0 radical (unpaired) electrons. The van der Waals surface area contributed by atoms with Gasteiger partial charge in [0, 0.05) is 6.42 Å². The molecule has 30 heavy (non-hydrogen) atoms. The lowest BCUT2D eigenvalue weighted by atomic mass is 10.0. The fourth-order valence-electron chi connectivity index (χ4n) is 4.25. The van der Waals surface area contributed by atoms with Gasteiger partial charge in [-0.15, -0.1) is 0 Å². The predicted octanol–water partition coefficient (Wildman–Crippen LogP) is 8.81. The van der Waals surface area contributed by atoms with E-state index in [2.05, 4.69) is 0 Å². The van der Waals surface area contributed by atoms with E-state index in [9.17, 15) is 9.90 Å². The minimum absolute atomic E-state index is 0.116. The van der Waals surface area contributed by atoms with Crippen LogP contribution in [0.3, 0.4) is 0 Å². The lowest BCUT2D eigenvalue weighted by Crippen LogP contribution is -1.98. The van der Waals surface area contributed by atoms with Crippen molar-refractivity contribution in [2.75, 3.05) is 0 Å². The number of carbonyl (C=O) groups is 1. The maximum atomic E-state index is 10.4. The van der Waals surface area contributed by atoms with E-state index >= 15 is 0 Å². The van der Waals surface area contributed by atoms with E-state index in [1.165, 1.54) is 128 Å². The van der Waals surface area contributed by atoms with E-state index in [-0.39, 0.29) is 6.10 Å². The number of unbranched alkanes of at least 4 members (excludes halogenated alkanes) is 21. The Labute approximate surface area is 188 Å². The smallest absolute Gasteiger partial charge is 0.303 e. The zero-order chi connectivity index (χ0) is 22.1. The van der Waals surface area contributed by atoms with Crippen LogP contribution in [0.15, 0.2) is 0 Å². The van der Waals surface area contributed by atoms with Gasteiger partial charge in [0.2, 0.25) is 0 Å². The molecule has 0 rings (SSSR count). The lowest BCUT2D eigenvalue weighted by Gasteiger charge is -2.05. The molecule has 3 heteroatoms. The first-order chi connectivity index (χ1) is 14.6. The van der Waals surface area contributed by atoms with Gasteiger partial charge in [0.05, 0.1) is 6.10 Å². The molecule has 0 amide bonds. The van der Waals surface area contributed by atoms with Crippen LogP contribution in [0.25, 0.3) is 0 Å². The summed E-state index contributed by atoms with van der Waals surface area (Å²) in [6.07, 6.45) is 30.5.